The molecule has 0 saturated heterocycles. The number of hydrogen-bond acceptors (Lipinski definition) is 4. The van der Waals surface area contributed by atoms with Crippen LogP contribution in [0.25, 0.3) is 0 Å². The summed E-state index contributed by atoms with van der Waals surface area (Å²) in [5, 5.41) is 11.1. The second-order valence-corrected chi connectivity index (χ2v) is 2.28. The minimum atomic E-state index is -0.928. The van der Waals surface area contributed by atoms with Gasteiger partial charge in [0, 0.05) is 12.4 Å². The van der Waals surface area contributed by atoms with Crippen LogP contribution in [0.3, 0.4) is 0 Å². The molecule has 0 bridgehead atoms. The van der Waals surface area contributed by atoms with Crippen LogP contribution in [0, 0.1) is 0 Å². The molecule has 2 N–H and O–H groups in total. The Bertz CT molecular complexity index is 268. The molecule has 0 amide bonds. The standard InChI is InChI=1S/C7H9N3O2.ClH/c1-5(6(11)12)10-7-8-3-2-4-9-7;/h2-5H,1H3,(H,11,12)(H,8,9,10);1H. The molecule has 0 aliphatic carbocycles. The number of carbonyl (C=O) groups is 1. The van der Waals surface area contributed by atoms with Gasteiger partial charge in [0.2, 0.25) is 5.95 Å². The van der Waals surface area contributed by atoms with Crippen molar-refractivity contribution < 1.29 is 9.90 Å². The molecule has 5 nitrogen and oxygen atoms in total. The fourth-order valence-electron chi connectivity index (χ4n) is 0.629. The van der Waals surface area contributed by atoms with E-state index in [2.05, 4.69) is 15.3 Å². The number of halogens is 1. The number of aromatic nitrogens is 2. The van der Waals surface area contributed by atoms with E-state index in [1.54, 1.807) is 18.5 Å². The number of aliphatic carboxylic acids is 1. The number of carboxylic acids is 1. The first-order chi connectivity index (χ1) is 5.70. The number of nitrogens with one attached hydrogen (secondary N) is 1. The second kappa shape index (κ2) is 5.31. The topological polar surface area (TPSA) is 75.1 Å². The minimum absolute atomic E-state index is 0. The smallest absolute Gasteiger partial charge is 0.325 e. The minimum Gasteiger partial charge on any atom is -0.480 e. The van der Waals surface area contributed by atoms with Gasteiger partial charge in [-0.3, -0.25) is 4.79 Å². The van der Waals surface area contributed by atoms with E-state index in [0.717, 1.165) is 0 Å². The number of nitrogens with zero attached hydrogens (tertiary/aromatic N) is 2. The monoisotopic (exact) mass is 203 g/mol. The summed E-state index contributed by atoms with van der Waals surface area (Å²) in [6, 6.07) is 0.990. The molecule has 0 spiro atoms. The van der Waals surface area contributed by atoms with Gasteiger partial charge in [-0.2, -0.15) is 0 Å². The fourth-order valence-corrected chi connectivity index (χ4v) is 0.629. The summed E-state index contributed by atoms with van der Waals surface area (Å²) in [5.41, 5.74) is 0. The third-order valence-corrected chi connectivity index (χ3v) is 1.28. The Morgan fingerprint density at radius 3 is 2.54 bits per heavy atom. The third kappa shape index (κ3) is 3.71. The maximum atomic E-state index is 10.4. The van der Waals surface area contributed by atoms with E-state index >= 15 is 0 Å². The van der Waals surface area contributed by atoms with Crippen LogP contribution in [0.5, 0.6) is 0 Å². The van der Waals surface area contributed by atoms with Gasteiger partial charge in [-0.15, -0.1) is 12.4 Å². The summed E-state index contributed by atoms with van der Waals surface area (Å²) in [6.45, 7) is 1.53. The van der Waals surface area contributed by atoms with Gasteiger partial charge >= 0.3 is 5.97 Å². The molecule has 0 fully saturated rings. The molecule has 6 heteroatoms. The van der Waals surface area contributed by atoms with Gasteiger partial charge in [-0.1, -0.05) is 0 Å². The van der Waals surface area contributed by atoms with Gasteiger partial charge in [-0.25, -0.2) is 9.97 Å². The maximum Gasteiger partial charge on any atom is 0.325 e. The molecule has 0 saturated carbocycles. The second-order valence-electron chi connectivity index (χ2n) is 2.28. The van der Waals surface area contributed by atoms with Crippen molar-refractivity contribution in [2.45, 2.75) is 13.0 Å². The molecule has 1 aromatic rings. The van der Waals surface area contributed by atoms with Gasteiger partial charge in [0.05, 0.1) is 0 Å². The zero-order chi connectivity index (χ0) is 8.97. The summed E-state index contributed by atoms with van der Waals surface area (Å²) in [5.74, 6) is -0.602. The van der Waals surface area contributed by atoms with Crippen LogP contribution in [-0.2, 0) is 4.79 Å². The highest BCUT2D eigenvalue weighted by molar-refractivity contribution is 5.85. The molecule has 13 heavy (non-hydrogen) atoms. The summed E-state index contributed by atoms with van der Waals surface area (Å²) in [4.78, 5) is 18.0. The van der Waals surface area contributed by atoms with E-state index in [1.807, 2.05) is 0 Å². The van der Waals surface area contributed by atoms with Crippen LogP contribution in [0.15, 0.2) is 18.5 Å². The van der Waals surface area contributed by atoms with Crippen molar-refractivity contribution in [1.29, 1.82) is 0 Å². The van der Waals surface area contributed by atoms with Crippen molar-refractivity contribution >= 4 is 24.3 Å². The van der Waals surface area contributed by atoms with E-state index in [0.29, 0.717) is 5.95 Å². The van der Waals surface area contributed by atoms with Crippen LogP contribution in [0.4, 0.5) is 5.95 Å². The van der Waals surface area contributed by atoms with E-state index < -0.39 is 12.0 Å². The average molecular weight is 204 g/mol. The normalized spacial score (nSPS) is 11.2. The lowest BCUT2D eigenvalue weighted by molar-refractivity contribution is -0.137. The number of carboxylic acid groups (broad SMARTS) is 1. The average Bonchev–Trinajstić information content (AvgIpc) is 2.06. The molecule has 0 aliphatic heterocycles. The number of hydrogen-bond donors (Lipinski definition) is 2. The summed E-state index contributed by atoms with van der Waals surface area (Å²) in [6.07, 6.45) is 3.09. The largest absolute Gasteiger partial charge is 0.480 e. The van der Waals surface area contributed by atoms with Crippen LogP contribution in [-0.4, -0.2) is 27.1 Å². The molecule has 1 unspecified atom stereocenters. The quantitative estimate of drug-likeness (QED) is 0.760. The van der Waals surface area contributed by atoms with E-state index in [1.165, 1.54) is 6.92 Å². The highest BCUT2D eigenvalue weighted by Gasteiger charge is 2.10. The lowest BCUT2D eigenvalue weighted by Gasteiger charge is -2.07. The third-order valence-electron chi connectivity index (χ3n) is 1.28. The Balaban J connectivity index is 0.00000144. The van der Waals surface area contributed by atoms with Gasteiger partial charge in [0.25, 0.3) is 0 Å². The van der Waals surface area contributed by atoms with Crippen LogP contribution >= 0.6 is 12.4 Å². The predicted molar refractivity (Wildman–Crippen MR) is 50.0 cm³/mol. The fraction of sp³-hybridized carbons (Fsp3) is 0.286. The predicted octanol–water partition coefficient (Wildman–Crippen LogP) is 0.783. The first kappa shape index (κ1) is 11.6. The molecular weight excluding hydrogens is 194 g/mol. The summed E-state index contributed by atoms with van der Waals surface area (Å²) < 4.78 is 0. The van der Waals surface area contributed by atoms with E-state index in [9.17, 15) is 4.79 Å². The molecule has 0 radical (unpaired) electrons. The molecule has 0 aromatic carbocycles. The maximum absolute atomic E-state index is 10.4. The summed E-state index contributed by atoms with van der Waals surface area (Å²) in [7, 11) is 0. The Morgan fingerprint density at radius 1 is 1.54 bits per heavy atom. The lowest BCUT2D eigenvalue weighted by atomic mass is 10.3. The van der Waals surface area contributed by atoms with Crippen molar-refractivity contribution in [2.24, 2.45) is 0 Å². The molecule has 1 aromatic heterocycles. The van der Waals surface area contributed by atoms with Crippen molar-refractivity contribution in [3.05, 3.63) is 18.5 Å². The molecule has 1 rings (SSSR count). The Hall–Kier alpha value is -1.36. The SMILES string of the molecule is CC(Nc1ncccn1)C(=O)O.Cl. The van der Waals surface area contributed by atoms with Gasteiger partial charge < -0.3 is 10.4 Å². The van der Waals surface area contributed by atoms with Gasteiger partial charge in [0.1, 0.15) is 6.04 Å². The van der Waals surface area contributed by atoms with Crippen molar-refractivity contribution in [1.82, 2.24) is 9.97 Å². The van der Waals surface area contributed by atoms with Crippen LogP contribution in [0.1, 0.15) is 6.92 Å². The highest BCUT2D eigenvalue weighted by Crippen LogP contribution is 1.97. The van der Waals surface area contributed by atoms with Crippen LogP contribution < -0.4 is 5.32 Å². The number of anilines is 1. The first-order valence-electron chi connectivity index (χ1n) is 3.46. The summed E-state index contributed by atoms with van der Waals surface area (Å²) >= 11 is 0. The Kier molecular flexibility index (Phi) is 4.76. The van der Waals surface area contributed by atoms with E-state index in [-0.39, 0.29) is 12.4 Å². The molecule has 0 aliphatic rings. The van der Waals surface area contributed by atoms with Gasteiger partial charge in [-0.05, 0) is 13.0 Å². The van der Waals surface area contributed by atoms with Crippen molar-refractivity contribution in [3.8, 4) is 0 Å². The highest BCUT2D eigenvalue weighted by atomic mass is 35.5. The molecule has 1 atom stereocenters. The number of rotatable bonds is 3. The van der Waals surface area contributed by atoms with E-state index in [4.69, 9.17) is 5.11 Å². The zero-order valence-electron chi connectivity index (χ0n) is 6.97. The lowest BCUT2D eigenvalue weighted by Crippen LogP contribution is -2.26. The van der Waals surface area contributed by atoms with Crippen LogP contribution in [0.2, 0.25) is 0 Å². The Morgan fingerprint density at radius 2 is 2.08 bits per heavy atom. The molecular formula is C7H10ClN3O2. The zero-order valence-corrected chi connectivity index (χ0v) is 7.78. The first-order valence-corrected chi connectivity index (χ1v) is 3.46. The van der Waals surface area contributed by atoms with Crippen molar-refractivity contribution in [3.63, 3.8) is 0 Å². The van der Waals surface area contributed by atoms with Crippen molar-refractivity contribution in [2.75, 3.05) is 5.32 Å². The van der Waals surface area contributed by atoms with Gasteiger partial charge in [0.15, 0.2) is 0 Å². The molecule has 1 heterocycles. The Labute approximate surface area is 81.6 Å². The molecule has 72 valence electrons.